The van der Waals surface area contributed by atoms with Gasteiger partial charge in [0.1, 0.15) is 0 Å². The zero-order chi connectivity index (χ0) is 12.7. The molecule has 1 unspecified atom stereocenters. The first-order valence-electron chi connectivity index (χ1n) is 6.82. The van der Waals surface area contributed by atoms with Gasteiger partial charge in [-0.05, 0) is 25.8 Å². The molecule has 1 aliphatic heterocycles. The fourth-order valence-corrected chi connectivity index (χ4v) is 2.38. The molecule has 1 rings (SSSR count). The number of β-amino-alcohol motifs (C(OH)–C–C–N with tert-alkyl or cyclic N) is 1. The molecule has 0 saturated carbocycles. The summed E-state index contributed by atoms with van der Waals surface area (Å²) in [5.41, 5.74) is -0.737. The summed E-state index contributed by atoms with van der Waals surface area (Å²) in [6.45, 7) is 6.00. The van der Waals surface area contributed by atoms with E-state index in [1.807, 2.05) is 0 Å². The van der Waals surface area contributed by atoms with E-state index in [-0.39, 0.29) is 11.8 Å². The van der Waals surface area contributed by atoms with Crippen LogP contribution in [0.3, 0.4) is 0 Å². The molecule has 1 heterocycles. The van der Waals surface area contributed by atoms with Crippen LogP contribution in [0.5, 0.6) is 0 Å². The SMILES string of the molecule is CCCC(CCC)C(=O)NCC1(O)CCNC1. The van der Waals surface area contributed by atoms with Crippen LogP contribution >= 0.6 is 0 Å². The standard InChI is InChI=1S/C13H26N2O2/c1-3-5-11(6-4-2)12(16)15-10-13(17)7-8-14-9-13/h11,14,17H,3-10H2,1-2H3,(H,15,16). The molecular weight excluding hydrogens is 216 g/mol. The smallest absolute Gasteiger partial charge is 0.223 e. The van der Waals surface area contributed by atoms with Gasteiger partial charge in [0.15, 0.2) is 0 Å². The molecule has 1 aliphatic rings. The number of carbonyl (C=O) groups is 1. The van der Waals surface area contributed by atoms with E-state index in [9.17, 15) is 9.90 Å². The van der Waals surface area contributed by atoms with Crippen molar-refractivity contribution < 1.29 is 9.90 Å². The first-order chi connectivity index (χ1) is 8.11. The molecule has 4 nitrogen and oxygen atoms in total. The molecule has 0 spiro atoms. The molecule has 1 atom stereocenters. The normalized spacial score (nSPS) is 24.2. The lowest BCUT2D eigenvalue weighted by molar-refractivity contribution is -0.126. The van der Waals surface area contributed by atoms with Gasteiger partial charge in [-0.1, -0.05) is 26.7 Å². The Morgan fingerprint density at radius 3 is 2.53 bits per heavy atom. The van der Waals surface area contributed by atoms with E-state index in [2.05, 4.69) is 24.5 Å². The Hall–Kier alpha value is -0.610. The van der Waals surface area contributed by atoms with E-state index in [1.165, 1.54) is 0 Å². The van der Waals surface area contributed by atoms with Crippen LogP contribution in [0.25, 0.3) is 0 Å². The van der Waals surface area contributed by atoms with Crippen LogP contribution in [0, 0.1) is 5.92 Å². The van der Waals surface area contributed by atoms with Crippen molar-refractivity contribution in [1.82, 2.24) is 10.6 Å². The summed E-state index contributed by atoms with van der Waals surface area (Å²) in [5.74, 6) is 0.219. The van der Waals surface area contributed by atoms with Crippen molar-refractivity contribution in [3.8, 4) is 0 Å². The molecule has 17 heavy (non-hydrogen) atoms. The third kappa shape index (κ3) is 4.64. The van der Waals surface area contributed by atoms with Crippen molar-refractivity contribution in [2.75, 3.05) is 19.6 Å². The minimum absolute atomic E-state index is 0.106. The van der Waals surface area contributed by atoms with Crippen LogP contribution < -0.4 is 10.6 Å². The summed E-state index contributed by atoms with van der Waals surface area (Å²) in [7, 11) is 0. The van der Waals surface area contributed by atoms with Crippen LogP contribution in [0.2, 0.25) is 0 Å². The molecule has 0 aromatic carbocycles. The Bertz CT molecular complexity index is 232. The maximum atomic E-state index is 12.0. The minimum atomic E-state index is -0.737. The van der Waals surface area contributed by atoms with Crippen molar-refractivity contribution in [1.29, 1.82) is 0 Å². The predicted molar refractivity (Wildman–Crippen MR) is 68.8 cm³/mol. The molecule has 3 N–H and O–H groups in total. The van der Waals surface area contributed by atoms with Gasteiger partial charge < -0.3 is 15.7 Å². The quantitative estimate of drug-likeness (QED) is 0.625. The second kappa shape index (κ2) is 6.97. The fourth-order valence-electron chi connectivity index (χ4n) is 2.38. The first kappa shape index (κ1) is 14.5. The maximum Gasteiger partial charge on any atom is 0.223 e. The van der Waals surface area contributed by atoms with Crippen molar-refractivity contribution in [2.24, 2.45) is 5.92 Å². The number of nitrogens with one attached hydrogen (secondary N) is 2. The molecule has 0 aromatic heterocycles. The van der Waals surface area contributed by atoms with Crippen molar-refractivity contribution in [2.45, 2.75) is 51.6 Å². The Balaban J connectivity index is 2.35. The van der Waals surface area contributed by atoms with Gasteiger partial charge in [0.2, 0.25) is 5.91 Å². The fraction of sp³-hybridized carbons (Fsp3) is 0.923. The molecule has 0 aromatic rings. The summed E-state index contributed by atoms with van der Waals surface area (Å²) < 4.78 is 0. The molecule has 0 bridgehead atoms. The molecule has 0 radical (unpaired) electrons. The lowest BCUT2D eigenvalue weighted by atomic mass is 9.96. The molecule has 4 heteroatoms. The predicted octanol–water partition coefficient (Wildman–Crippen LogP) is 1.04. The van der Waals surface area contributed by atoms with Crippen LogP contribution in [0.1, 0.15) is 46.0 Å². The van der Waals surface area contributed by atoms with Gasteiger partial charge in [0, 0.05) is 19.0 Å². The van der Waals surface area contributed by atoms with Crippen LogP contribution in [-0.2, 0) is 4.79 Å². The van der Waals surface area contributed by atoms with Crippen LogP contribution in [0.15, 0.2) is 0 Å². The highest BCUT2D eigenvalue weighted by Gasteiger charge is 2.31. The topological polar surface area (TPSA) is 61.4 Å². The molecule has 0 aliphatic carbocycles. The van der Waals surface area contributed by atoms with Crippen molar-refractivity contribution in [3.63, 3.8) is 0 Å². The molecule has 100 valence electrons. The van der Waals surface area contributed by atoms with E-state index < -0.39 is 5.60 Å². The molecule has 1 fully saturated rings. The van der Waals surface area contributed by atoms with E-state index >= 15 is 0 Å². The van der Waals surface area contributed by atoms with Crippen molar-refractivity contribution in [3.05, 3.63) is 0 Å². The van der Waals surface area contributed by atoms with Gasteiger partial charge in [-0.3, -0.25) is 4.79 Å². The van der Waals surface area contributed by atoms with E-state index in [0.717, 1.165) is 38.6 Å². The minimum Gasteiger partial charge on any atom is -0.387 e. The number of aliphatic hydroxyl groups is 1. The lowest BCUT2D eigenvalue weighted by Gasteiger charge is -2.23. The molecular formula is C13H26N2O2. The zero-order valence-corrected chi connectivity index (χ0v) is 11.1. The molecule has 1 amide bonds. The highest BCUT2D eigenvalue weighted by atomic mass is 16.3. The van der Waals surface area contributed by atoms with Crippen LogP contribution in [0.4, 0.5) is 0 Å². The van der Waals surface area contributed by atoms with E-state index in [0.29, 0.717) is 13.1 Å². The Morgan fingerprint density at radius 1 is 1.41 bits per heavy atom. The van der Waals surface area contributed by atoms with Gasteiger partial charge in [0.05, 0.1) is 5.60 Å². The number of hydrogen-bond acceptors (Lipinski definition) is 3. The Morgan fingerprint density at radius 2 is 2.06 bits per heavy atom. The van der Waals surface area contributed by atoms with Gasteiger partial charge >= 0.3 is 0 Å². The Kier molecular flexibility index (Phi) is 5.92. The maximum absolute atomic E-state index is 12.0. The van der Waals surface area contributed by atoms with Gasteiger partial charge in [-0.15, -0.1) is 0 Å². The summed E-state index contributed by atoms with van der Waals surface area (Å²) in [6.07, 6.45) is 4.67. The number of rotatable bonds is 7. The highest BCUT2D eigenvalue weighted by molar-refractivity contribution is 5.78. The summed E-state index contributed by atoms with van der Waals surface area (Å²) in [6, 6.07) is 0. The second-order valence-electron chi connectivity index (χ2n) is 5.14. The van der Waals surface area contributed by atoms with Gasteiger partial charge in [0.25, 0.3) is 0 Å². The average molecular weight is 242 g/mol. The number of carbonyl (C=O) groups excluding carboxylic acids is 1. The molecule has 1 saturated heterocycles. The lowest BCUT2D eigenvalue weighted by Crippen LogP contribution is -2.46. The zero-order valence-electron chi connectivity index (χ0n) is 11.1. The van der Waals surface area contributed by atoms with E-state index in [4.69, 9.17) is 0 Å². The van der Waals surface area contributed by atoms with Gasteiger partial charge in [-0.2, -0.15) is 0 Å². The summed E-state index contributed by atoms with van der Waals surface area (Å²) in [4.78, 5) is 12.0. The van der Waals surface area contributed by atoms with Crippen LogP contribution in [-0.4, -0.2) is 36.2 Å². The van der Waals surface area contributed by atoms with Crippen molar-refractivity contribution >= 4 is 5.91 Å². The largest absolute Gasteiger partial charge is 0.387 e. The number of hydrogen-bond donors (Lipinski definition) is 3. The third-order valence-corrected chi connectivity index (χ3v) is 3.46. The number of amides is 1. The third-order valence-electron chi connectivity index (χ3n) is 3.46. The average Bonchev–Trinajstić information content (AvgIpc) is 2.73. The van der Waals surface area contributed by atoms with E-state index in [1.54, 1.807) is 0 Å². The monoisotopic (exact) mass is 242 g/mol. The van der Waals surface area contributed by atoms with Gasteiger partial charge in [-0.25, -0.2) is 0 Å². The summed E-state index contributed by atoms with van der Waals surface area (Å²) >= 11 is 0. The summed E-state index contributed by atoms with van der Waals surface area (Å²) in [5, 5.41) is 16.1. The second-order valence-corrected chi connectivity index (χ2v) is 5.14. The Labute approximate surface area is 104 Å². The first-order valence-corrected chi connectivity index (χ1v) is 6.82. The highest BCUT2D eigenvalue weighted by Crippen LogP contribution is 2.16.